The summed E-state index contributed by atoms with van der Waals surface area (Å²) in [4.78, 5) is 41.2. The van der Waals surface area contributed by atoms with Crippen LogP contribution in [0.4, 0.5) is 11.4 Å². The number of methoxy groups -OCH3 is 3. The number of carbonyl (C=O) groups excluding carboxylic acids is 2. The summed E-state index contributed by atoms with van der Waals surface area (Å²) < 4.78 is 16.3. The molecule has 6 rings (SSSR count). The monoisotopic (exact) mass is 556 g/mol. The summed E-state index contributed by atoms with van der Waals surface area (Å²) in [6.07, 6.45) is 1.04. The number of hydrogen-bond acceptors (Lipinski definition) is 9. The summed E-state index contributed by atoms with van der Waals surface area (Å²) in [5, 5.41) is 6.50. The smallest absolute Gasteiger partial charge is 0.319 e. The van der Waals surface area contributed by atoms with Crippen molar-refractivity contribution in [1.29, 1.82) is 0 Å². The molecule has 0 saturated heterocycles. The Kier molecular flexibility index (Phi) is 6.05. The Bertz CT molecular complexity index is 1640. The highest BCUT2D eigenvalue weighted by Gasteiger charge is 2.66. The Morgan fingerprint density at radius 3 is 2.44 bits per heavy atom. The molecule has 3 aliphatic heterocycles. The fourth-order valence-electron chi connectivity index (χ4n) is 6.21. The van der Waals surface area contributed by atoms with Crippen LogP contribution < -0.4 is 29.7 Å². The van der Waals surface area contributed by atoms with E-state index in [2.05, 4.69) is 20.6 Å². The van der Waals surface area contributed by atoms with Gasteiger partial charge in [0.15, 0.2) is 5.54 Å². The van der Waals surface area contributed by atoms with Gasteiger partial charge in [0.1, 0.15) is 17.6 Å². The van der Waals surface area contributed by atoms with Crippen LogP contribution in [0.25, 0.3) is 0 Å². The highest BCUT2D eigenvalue weighted by atomic mass is 16.5. The van der Waals surface area contributed by atoms with Crippen LogP contribution in [-0.2, 0) is 15.1 Å². The molecule has 0 fully saturated rings. The van der Waals surface area contributed by atoms with Crippen molar-refractivity contribution >= 4 is 23.2 Å². The van der Waals surface area contributed by atoms with Crippen molar-refractivity contribution in [2.45, 2.75) is 45.4 Å². The number of carbonyl (C=O) groups is 2. The molecule has 2 unspecified atom stereocenters. The van der Waals surface area contributed by atoms with E-state index in [1.165, 1.54) is 14.2 Å². The van der Waals surface area contributed by atoms with Crippen LogP contribution in [0.1, 0.15) is 42.3 Å². The molecule has 0 bridgehead atoms. The second-order valence-corrected chi connectivity index (χ2v) is 10.6. The molecule has 2 aromatic carbocycles. The number of rotatable bonds is 6. The lowest BCUT2D eigenvalue weighted by Crippen LogP contribution is -2.56. The highest BCUT2D eigenvalue weighted by Crippen LogP contribution is 2.57. The van der Waals surface area contributed by atoms with Crippen LogP contribution in [-0.4, -0.2) is 54.1 Å². The average molecular weight is 557 g/mol. The first-order chi connectivity index (χ1) is 19.7. The zero-order chi connectivity index (χ0) is 29.2. The van der Waals surface area contributed by atoms with E-state index in [0.29, 0.717) is 45.5 Å². The van der Waals surface area contributed by atoms with Crippen LogP contribution >= 0.6 is 0 Å². The molecule has 2 atom stereocenters. The average Bonchev–Trinajstić information content (AvgIpc) is 3.56. The van der Waals surface area contributed by atoms with E-state index in [-0.39, 0.29) is 23.9 Å². The zero-order valence-corrected chi connectivity index (χ0v) is 24.0. The van der Waals surface area contributed by atoms with Gasteiger partial charge in [-0.25, -0.2) is 4.98 Å². The first kappa shape index (κ1) is 26.4. The number of benzene rings is 2. The molecule has 3 aliphatic rings. The van der Waals surface area contributed by atoms with E-state index in [0.717, 1.165) is 11.1 Å². The molecular formula is C30H32N6O5. The molecule has 2 amide bonds. The SMILES string of the molecule is COc1ncc(C2NC3=C(N2C(C)C)C2(C(=O)Nc4cc(C)ccc42)N(c2ccc(OC)c(C)c2)C3=O)c(OC)n1. The third kappa shape index (κ3) is 3.57. The lowest BCUT2D eigenvalue weighted by molar-refractivity contribution is -0.123. The fourth-order valence-corrected chi connectivity index (χ4v) is 6.21. The molecule has 0 radical (unpaired) electrons. The van der Waals surface area contributed by atoms with Crippen molar-refractivity contribution in [2.24, 2.45) is 0 Å². The Morgan fingerprint density at radius 2 is 1.78 bits per heavy atom. The summed E-state index contributed by atoms with van der Waals surface area (Å²) in [7, 11) is 4.60. The van der Waals surface area contributed by atoms with E-state index in [1.807, 2.05) is 69.0 Å². The van der Waals surface area contributed by atoms with Crippen molar-refractivity contribution < 1.29 is 23.8 Å². The number of aryl methyl sites for hydroxylation is 2. The minimum atomic E-state index is -1.47. The number of hydrogen-bond donors (Lipinski definition) is 2. The molecule has 11 nitrogen and oxygen atoms in total. The van der Waals surface area contributed by atoms with Gasteiger partial charge in [-0.1, -0.05) is 12.1 Å². The van der Waals surface area contributed by atoms with Gasteiger partial charge in [-0.05, 0) is 63.1 Å². The number of anilines is 2. The van der Waals surface area contributed by atoms with E-state index in [1.54, 1.807) is 18.2 Å². The van der Waals surface area contributed by atoms with Crippen molar-refractivity contribution in [3.8, 4) is 17.6 Å². The number of nitrogens with one attached hydrogen (secondary N) is 2. The largest absolute Gasteiger partial charge is 0.496 e. The van der Waals surface area contributed by atoms with Crippen LogP contribution in [0.3, 0.4) is 0 Å². The van der Waals surface area contributed by atoms with Crippen molar-refractivity contribution in [2.75, 3.05) is 31.5 Å². The Balaban J connectivity index is 1.59. The lowest BCUT2D eigenvalue weighted by Gasteiger charge is -2.43. The van der Waals surface area contributed by atoms with Gasteiger partial charge in [0.2, 0.25) is 5.88 Å². The van der Waals surface area contributed by atoms with Crippen molar-refractivity contribution in [3.05, 3.63) is 76.2 Å². The van der Waals surface area contributed by atoms with Crippen LogP contribution in [0, 0.1) is 13.8 Å². The predicted octanol–water partition coefficient (Wildman–Crippen LogP) is 3.54. The molecule has 4 heterocycles. The van der Waals surface area contributed by atoms with Gasteiger partial charge in [-0.3, -0.25) is 14.5 Å². The van der Waals surface area contributed by atoms with Crippen LogP contribution in [0.5, 0.6) is 17.6 Å². The number of ether oxygens (including phenoxy) is 3. The maximum Gasteiger partial charge on any atom is 0.319 e. The van der Waals surface area contributed by atoms with Gasteiger partial charge in [0.05, 0.1) is 32.6 Å². The second kappa shape index (κ2) is 9.39. The number of aromatic nitrogens is 2. The maximum absolute atomic E-state index is 14.5. The molecule has 41 heavy (non-hydrogen) atoms. The fraction of sp³-hybridized carbons (Fsp3) is 0.333. The Morgan fingerprint density at radius 1 is 1.00 bits per heavy atom. The van der Waals surface area contributed by atoms with E-state index >= 15 is 0 Å². The van der Waals surface area contributed by atoms with Gasteiger partial charge in [0, 0.05) is 29.2 Å². The second-order valence-electron chi connectivity index (χ2n) is 10.6. The molecular weight excluding hydrogens is 524 g/mol. The first-order valence-electron chi connectivity index (χ1n) is 13.3. The van der Waals surface area contributed by atoms with Crippen molar-refractivity contribution in [1.82, 2.24) is 20.2 Å². The standard InChI is InChI=1S/C30H32N6O5/c1-15(2)35-24-23(33-25(35)19-14-31-29(41-7)34-26(19)40-6)27(37)36(18-9-11-22(39-5)17(4)13-18)30(24)20-10-8-16(3)12-21(20)32-28(30)38/h8-15,25,33H,1-7H3,(H,32,38). The van der Waals surface area contributed by atoms with Crippen LogP contribution in [0.2, 0.25) is 0 Å². The molecule has 1 spiro atoms. The summed E-state index contributed by atoms with van der Waals surface area (Å²) >= 11 is 0. The minimum Gasteiger partial charge on any atom is -0.496 e. The van der Waals surface area contributed by atoms with Gasteiger partial charge < -0.3 is 29.7 Å². The summed E-state index contributed by atoms with van der Waals surface area (Å²) in [5.74, 6) is 0.360. The predicted molar refractivity (Wildman–Crippen MR) is 152 cm³/mol. The quantitative estimate of drug-likeness (QED) is 0.470. The van der Waals surface area contributed by atoms with Gasteiger partial charge in [-0.15, -0.1) is 0 Å². The van der Waals surface area contributed by atoms with Gasteiger partial charge in [-0.2, -0.15) is 4.98 Å². The van der Waals surface area contributed by atoms with Crippen LogP contribution in [0.15, 0.2) is 54.0 Å². The van der Waals surface area contributed by atoms with E-state index < -0.39 is 11.7 Å². The lowest BCUT2D eigenvalue weighted by atomic mass is 9.85. The molecule has 11 heteroatoms. The summed E-state index contributed by atoms with van der Waals surface area (Å²) in [6, 6.07) is 11.3. The highest BCUT2D eigenvalue weighted by molar-refractivity contribution is 6.23. The molecule has 0 aliphatic carbocycles. The molecule has 0 saturated carbocycles. The zero-order valence-electron chi connectivity index (χ0n) is 24.0. The summed E-state index contributed by atoms with van der Waals surface area (Å²) in [5.41, 5.74) is 3.82. The third-order valence-electron chi connectivity index (χ3n) is 7.91. The molecule has 2 N–H and O–H groups in total. The number of amides is 2. The van der Waals surface area contributed by atoms with E-state index in [9.17, 15) is 9.59 Å². The van der Waals surface area contributed by atoms with Crippen molar-refractivity contribution in [3.63, 3.8) is 0 Å². The Labute approximate surface area is 238 Å². The first-order valence-corrected chi connectivity index (χ1v) is 13.3. The molecule has 212 valence electrons. The number of nitrogens with zero attached hydrogens (tertiary/aromatic N) is 4. The normalized spacial score (nSPS) is 20.9. The van der Waals surface area contributed by atoms with Gasteiger partial charge >= 0.3 is 6.01 Å². The minimum absolute atomic E-state index is 0.142. The molecule has 1 aromatic heterocycles. The number of fused-ring (bicyclic) bond motifs is 3. The van der Waals surface area contributed by atoms with Gasteiger partial charge in [0.25, 0.3) is 11.8 Å². The summed E-state index contributed by atoms with van der Waals surface area (Å²) in [6.45, 7) is 7.91. The topological polar surface area (TPSA) is 118 Å². The molecule has 3 aromatic rings. The third-order valence-corrected chi connectivity index (χ3v) is 7.91. The maximum atomic E-state index is 14.5. The van der Waals surface area contributed by atoms with E-state index in [4.69, 9.17) is 14.2 Å². The Hall–Kier alpha value is -4.80.